The van der Waals surface area contributed by atoms with Gasteiger partial charge in [-0.25, -0.2) is 0 Å². The Morgan fingerprint density at radius 3 is 2.73 bits per heavy atom. The van der Waals surface area contributed by atoms with Crippen molar-refractivity contribution in [1.82, 2.24) is 15.2 Å². The van der Waals surface area contributed by atoms with Crippen LogP contribution in [0.25, 0.3) is 0 Å². The smallest absolute Gasteiger partial charge is 0.225 e. The molecule has 0 aromatic carbocycles. The average molecular weight is 303 g/mol. The Labute approximate surface area is 132 Å². The van der Waals surface area contributed by atoms with Gasteiger partial charge in [-0.2, -0.15) is 0 Å². The van der Waals surface area contributed by atoms with E-state index in [4.69, 9.17) is 0 Å². The molecule has 0 aliphatic carbocycles. The zero-order valence-electron chi connectivity index (χ0n) is 13.6. The molecule has 0 radical (unpaired) electrons. The number of piperidine rings is 1. The van der Waals surface area contributed by atoms with Gasteiger partial charge in [0.15, 0.2) is 0 Å². The first kappa shape index (κ1) is 16.5. The predicted octanol–water partition coefficient (Wildman–Crippen LogP) is 2.15. The lowest BCUT2D eigenvalue weighted by Crippen LogP contribution is -2.47. The number of carbonyl (C=O) groups excluding carboxylic acids is 2. The van der Waals surface area contributed by atoms with Crippen LogP contribution in [-0.4, -0.2) is 34.8 Å². The van der Waals surface area contributed by atoms with Gasteiger partial charge in [-0.15, -0.1) is 0 Å². The van der Waals surface area contributed by atoms with Crippen molar-refractivity contribution >= 4 is 11.8 Å². The molecule has 2 atom stereocenters. The van der Waals surface area contributed by atoms with Crippen molar-refractivity contribution in [2.75, 3.05) is 13.1 Å². The van der Waals surface area contributed by atoms with Crippen molar-refractivity contribution in [2.24, 2.45) is 11.8 Å². The van der Waals surface area contributed by atoms with Crippen LogP contribution in [0.3, 0.4) is 0 Å². The quantitative estimate of drug-likeness (QED) is 0.927. The van der Waals surface area contributed by atoms with E-state index >= 15 is 0 Å². The van der Waals surface area contributed by atoms with Crippen LogP contribution in [0.2, 0.25) is 0 Å². The second-order valence-corrected chi connectivity index (χ2v) is 6.26. The van der Waals surface area contributed by atoms with Gasteiger partial charge in [-0.05, 0) is 31.9 Å². The molecule has 1 fully saturated rings. The molecule has 2 heterocycles. The number of carbonyl (C=O) groups is 2. The van der Waals surface area contributed by atoms with Crippen molar-refractivity contribution in [3.05, 3.63) is 30.1 Å². The molecule has 1 N–H and O–H groups in total. The second-order valence-electron chi connectivity index (χ2n) is 6.26. The van der Waals surface area contributed by atoms with Crippen LogP contribution < -0.4 is 5.32 Å². The van der Waals surface area contributed by atoms with Crippen molar-refractivity contribution in [2.45, 2.75) is 39.7 Å². The Kier molecular flexibility index (Phi) is 5.52. The monoisotopic (exact) mass is 303 g/mol. The number of hydrogen-bond acceptors (Lipinski definition) is 3. The van der Waals surface area contributed by atoms with E-state index in [0.717, 1.165) is 25.1 Å². The van der Waals surface area contributed by atoms with Crippen LogP contribution in [0.15, 0.2) is 24.4 Å². The molecule has 2 amide bonds. The van der Waals surface area contributed by atoms with E-state index in [0.29, 0.717) is 6.54 Å². The van der Waals surface area contributed by atoms with Crippen molar-refractivity contribution in [3.63, 3.8) is 0 Å². The van der Waals surface area contributed by atoms with Gasteiger partial charge in [0.25, 0.3) is 0 Å². The summed E-state index contributed by atoms with van der Waals surface area (Å²) in [4.78, 5) is 30.6. The van der Waals surface area contributed by atoms with Gasteiger partial charge in [-0.3, -0.25) is 14.6 Å². The minimum Gasteiger partial charge on any atom is -0.348 e. The number of pyridine rings is 1. The molecule has 22 heavy (non-hydrogen) atoms. The maximum Gasteiger partial charge on any atom is 0.225 e. The molecule has 1 saturated heterocycles. The van der Waals surface area contributed by atoms with Crippen LogP contribution in [0.5, 0.6) is 0 Å². The minimum atomic E-state index is -0.123. The van der Waals surface area contributed by atoms with Gasteiger partial charge in [0, 0.05) is 25.2 Å². The fraction of sp³-hybridized carbons (Fsp3) is 0.588. The van der Waals surface area contributed by atoms with Gasteiger partial charge in [0.1, 0.15) is 0 Å². The molecule has 2 unspecified atom stereocenters. The van der Waals surface area contributed by atoms with E-state index in [-0.39, 0.29) is 29.7 Å². The fourth-order valence-corrected chi connectivity index (χ4v) is 2.79. The Bertz CT molecular complexity index is 516. The van der Waals surface area contributed by atoms with Crippen molar-refractivity contribution < 1.29 is 9.59 Å². The summed E-state index contributed by atoms with van der Waals surface area (Å²) in [6, 6.07) is 5.55. The molecule has 5 heteroatoms. The molecule has 1 aliphatic heterocycles. The summed E-state index contributed by atoms with van der Waals surface area (Å²) in [6.07, 6.45) is 3.44. The summed E-state index contributed by atoms with van der Waals surface area (Å²) in [6.45, 7) is 7.01. The number of rotatable bonds is 4. The SMILES string of the molecule is CC(C)C(=O)N1CCCC(C(=O)NC(C)c2ccccn2)C1. The zero-order chi connectivity index (χ0) is 16.1. The highest BCUT2D eigenvalue weighted by Crippen LogP contribution is 2.20. The molecular weight excluding hydrogens is 278 g/mol. The van der Waals surface area contributed by atoms with Gasteiger partial charge in [-0.1, -0.05) is 19.9 Å². The lowest BCUT2D eigenvalue weighted by Gasteiger charge is -2.33. The summed E-state index contributed by atoms with van der Waals surface area (Å²) in [5, 5.41) is 3.02. The van der Waals surface area contributed by atoms with Gasteiger partial charge in [0.05, 0.1) is 17.7 Å². The summed E-state index contributed by atoms with van der Waals surface area (Å²) in [5.74, 6) is 0.00606. The number of hydrogen-bond donors (Lipinski definition) is 1. The number of amides is 2. The number of nitrogens with one attached hydrogen (secondary N) is 1. The van der Waals surface area contributed by atoms with Gasteiger partial charge >= 0.3 is 0 Å². The van der Waals surface area contributed by atoms with E-state index < -0.39 is 0 Å². The summed E-state index contributed by atoms with van der Waals surface area (Å²) in [5.41, 5.74) is 0.849. The van der Waals surface area contributed by atoms with E-state index in [2.05, 4.69) is 10.3 Å². The topological polar surface area (TPSA) is 62.3 Å². The molecule has 1 aromatic heterocycles. The molecule has 2 rings (SSSR count). The number of likely N-dealkylation sites (tertiary alicyclic amines) is 1. The maximum absolute atomic E-state index is 12.4. The second kappa shape index (κ2) is 7.38. The highest BCUT2D eigenvalue weighted by molar-refractivity contribution is 5.82. The first-order chi connectivity index (χ1) is 10.5. The Balaban J connectivity index is 1.93. The molecule has 0 bridgehead atoms. The lowest BCUT2D eigenvalue weighted by atomic mass is 9.95. The molecule has 120 valence electrons. The maximum atomic E-state index is 12.4. The third-order valence-corrected chi connectivity index (χ3v) is 4.09. The van der Waals surface area contributed by atoms with Crippen LogP contribution in [0, 0.1) is 11.8 Å². The Morgan fingerprint density at radius 1 is 1.32 bits per heavy atom. The highest BCUT2D eigenvalue weighted by atomic mass is 16.2. The first-order valence-corrected chi connectivity index (χ1v) is 7.99. The summed E-state index contributed by atoms with van der Waals surface area (Å²) in [7, 11) is 0. The normalized spacial score (nSPS) is 19.8. The lowest BCUT2D eigenvalue weighted by molar-refractivity contribution is -0.138. The Hall–Kier alpha value is -1.91. The van der Waals surface area contributed by atoms with E-state index in [1.54, 1.807) is 6.20 Å². The van der Waals surface area contributed by atoms with E-state index in [9.17, 15) is 9.59 Å². The highest BCUT2D eigenvalue weighted by Gasteiger charge is 2.29. The summed E-state index contributed by atoms with van der Waals surface area (Å²) < 4.78 is 0. The third kappa shape index (κ3) is 4.06. The summed E-state index contributed by atoms with van der Waals surface area (Å²) >= 11 is 0. The van der Waals surface area contributed by atoms with Crippen LogP contribution in [0.1, 0.15) is 45.3 Å². The molecule has 0 spiro atoms. The molecule has 0 saturated carbocycles. The van der Waals surface area contributed by atoms with Crippen LogP contribution >= 0.6 is 0 Å². The molecular formula is C17H25N3O2. The zero-order valence-corrected chi connectivity index (χ0v) is 13.6. The van der Waals surface area contributed by atoms with E-state index in [1.165, 1.54) is 0 Å². The Morgan fingerprint density at radius 2 is 2.09 bits per heavy atom. The van der Waals surface area contributed by atoms with Gasteiger partial charge < -0.3 is 10.2 Å². The van der Waals surface area contributed by atoms with Crippen LogP contribution in [0.4, 0.5) is 0 Å². The minimum absolute atomic E-state index is 0.0133. The standard InChI is InChI=1S/C17H25N3O2/c1-12(2)17(22)20-10-6-7-14(11-20)16(21)19-13(3)15-8-4-5-9-18-15/h4-5,8-9,12-14H,6-7,10-11H2,1-3H3,(H,19,21). The van der Waals surface area contributed by atoms with Crippen molar-refractivity contribution in [3.8, 4) is 0 Å². The van der Waals surface area contributed by atoms with Crippen LogP contribution in [-0.2, 0) is 9.59 Å². The number of aromatic nitrogens is 1. The molecule has 1 aliphatic rings. The largest absolute Gasteiger partial charge is 0.348 e. The fourth-order valence-electron chi connectivity index (χ4n) is 2.79. The van der Waals surface area contributed by atoms with Gasteiger partial charge in [0.2, 0.25) is 11.8 Å². The first-order valence-electron chi connectivity index (χ1n) is 7.99. The van der Waals surface area contributed by atoms with E-state index in [1.807, 2.05) is 43.9 Å². The third-order valence-electron chi connectivity index (χ3n) is 4.09. The predicted molar refractivity (Wildman–Crippen MR) is 84.9 cm³/mol. The molecule has 5 nitrogen and oxygen atoms in total. The number of nitrogens with zero attached hydrogens (tertiary/aromatic N) is 2. The molecule has 1 aromatic rings. The van der Waals surface area contributed by atoms with Crippen molar-refractivity contribution in [1.29, 1.82) is 0 Å². The average Bonchev–Trinajstić information content (AvgIpc) is 2.54.